The average Bonchev–Trinajstić information content (AvgIpc) is 2.60. The number of hydrogen-bond donors (Lipinski definition) is 1. The Morgan fingerprint density at radius 3 is 2.58 bits per heavy atom. The Balaban J connectivity index is 1.92. The maximum Gasteiger partial charge on any atom is 0.252 e. The first kappa shape index (κ1) is 18.0. The van der Waals surface area contributed by atoms with Crippen molar-refractivity contribution >= 4 is 23.6 Å². The van der Waals surface area contributed by atoms with Gasteiger partial charge in [0.2, 0.25) is 5.91 Å². The number of benzene rings is 1. The van der Waals surface area contributed by atoms with Crippen LogP contribution in [-0.4, -0.2) is 48.1 Å². The summed E-state index contributed by atoms with van der Waals surface area (Å²) in [6, 6.07) is 13.1. The average molecular weight is 343 g/mol. The molecule has 0 spiro atoms. The lowest BCUT2D eigenvalue weighted by Gasteiger charge is -2.12. The number of hydrogen-bond acceptors (Lipinski definition) is 4. The minimum Gasteiger partial charge on any atom is -0.352 e. The molecule has 0 aliphatic rings. The summed E-state index contributed by atoms with van der Waals surface area (Å²) in [7, 11) is 3.44. The molecule has 2 rings (SSSR count). The third-order valence-corrected chi connectivity index (χ3v) is 4.43. The molecule has 0 fully saturated rings. The number of rotatable bonds is 7. The molecule has 0 saturated heterocycles. The van der Waals surface area contributed by atoms with Crippen molar-refractivity contribution in [2.75, 3.05) is 26.4 Å². The van der Waals surface area contributed by atoms with Gasteiger partial charge in [-0.05, 0) is 24.3 Å². The van der Waals surface area contributed by atoms with E-state index in [9.17, 15) is 9.59 Å². The minimum absolute atomic E-state index is 0.0189. The van der Waals surface area contributed by atoms with E-state index < -0.39 is 0 Å². The molecular weight excluding hydrogens is 322 g/mol. The molecule has 2 amide bonds. The summed E-state index contributed by atoms with van der Waals surface area (Å²) in [6.07, 6.45) is 2.42. The van der Waals surface area contributed by atoms with Crippen LogP contribution >= 0.6 is 11.8 Å². The Morgan fingerprint density at radius 1 is 1.12 bits per heavy atom. The third-order valence-electron chi connectivity index (χ3n) is 3.37. The van der Waals surface area contributed by atoms with Crippen molar-refractivity contribution < 1.29 is 9.59 Å². The second-order valence-corrected chi connectivity index (χ2v) is 6.42. The fraction of sp³-hybridized carbons (Fsp3) is 0.278. The van der Waals surface area contributed by atoms with Crippen LogP contribution in [0.3, 0.4) is 0 Å². The van der Waals surface area contributed by atoms with Crippen LogP contribution in [0.15, 0.2) is 53.6 Å². The van der Waals surface area contributed by atoms with E-state index in [1.165, 1.54) is 11.8 Å². The van der Waals surface area contributed by atoms with Gasteiger partial charge in [-0.1, -0.05) is 18.2 Å². The van der Waals surface area contributed by atoms with Crippen molar-refractivity contribution in [2.45, 2.75) is 11.3 Å². The number of amides is 2. The second-order valence-electron chi connectivity index (χ2n) is 5.40. The number of nitrogens with one attached hydrogen (secondary N) is 1. The molecule has 2 aromatic rings. The van der Waals surface area contributed by atoms with Gasteiger partial charge in [-0.25, -0.2) is 0 Å². The summed E-state index contributed by atoms with van der Waals surface area (Å²) in [6.45, 7) is 0.519. The van der Waals surface area contributed by atoms with E-state index in [1.807, 2.05) is 36.4 Å². The fourth-order valence-electron chi connectivity index (χ4n) is 1.99. The maximum atomic E-state index is 12.4. The van der Waals surface area contributed by atoms with Crippen LogP contribution in [0.5, 0.6) is 0 Å². The molecule has 0 saturated carbocycles. The summed E-state index contributed by atoms with van der Waals surface area (Å²) >= 11 is 1.38. The SMILES string of the molecule is CN(C)C(=O)CSc1ccccc1C(=O)NCCc1ccccn1. The first-order valence-electron chi connectivity index (χ1n) is 7.68. The highest BCUT2D eigenvalue weighted by Crippen LogP contribution is 2.22. The van der Waals surface area contributed by atoms with E-state index >= 15 is 0 Å². The van der Waals surface area contributed by atoms with E-state index in [1.54, 1.807) is 31.3 Å². The van der Waals surface area contributed by atoms with Crippen molar-refractivity contribution in [1.29, 1.82) is 0 Å². The summed E-state index contributed by atoms with van der Waals surface area (Å²) in [5.41, 5.74) is 1.53. The lowest BCUT2D eigenvalue weighted by atomic mass is 10.2. The first-order chi connectivity index (χ1) is 11.6. The molecule has 0 bridgehead atoms. The maximum absolute atomic E-state index is 12.4. The fourth-order valence-corrected chi connectivity index (χ4v) is 3.02. The summed E-state index contributed by atoms with van der Waals surface area (Å²) in [5, 5.41) is 2.91. The minimum atomic E-state index is -0.133. The van der Waals surface area contributed by atoms with Crippen molar-refractivity contribution in [3.63, 3.8) is 0 Å². The summed E-state index contributed by atoms with van der Waals surface area (Å²) < 4.78 is 0. The zero-order valence-electron chi connectivity index (χ0n) is 13.9. The van der Waals surface area contributed by atoms with Gasteiger partial charge in [0.05, 0.1) is 11.3 Å². The topological polar surface area (TPSA) is 62.3 Å². The molecule has 0 atom stereocenters. The molecule has 0 radical (unpaired) electrons. The molecule has 0 unspecified atom stereocenters. The van der Waals surface area contributed by atoms with Gasteiger partial charge in [0.15, 0.2) is 0 Å². The smallest absolute Gasteiger partial charge is 0.252 e. The van der Waals surface area contributed by atoms with E-state index in [4.69, 9.17) is 0 Å². The van der Waals surface area contributed by atoms with Gasteiger partial charge < -0.3 is 10.2 Å². The molecule has 24 heavy (non-hydrogen) atoms. The molecule has 5 nitrogen and oxygen atoms in total. The van der Waals surface area contributed by atoms with Crippen LogP contribution in [0.1, 0.15) is 16.1 Å². The highest BCUT2D eigenvalue weighted by atomic mass is 32.2. The lowest BCUT2D eigenvalue weighted by molar-refractivity contribution is -0.125. The van der Waals surface area contributed by atoms with E-state index in [0.717, 1.165) is 10.6 Å². The Morgan fingerprint density at radius 2 is 1.88 bits per heavy atom. The van der Waals surface area contributed by atoms with Crippen LogP contribution in [0.2, 0.25) is 0 Å². The molecular formula is C18H21N3O2S. The molecule has 1 aromatic heterocycles. The molecule has 1 heterocycles. The zero-order chi connectivity index (χ0) is 17.4. The van der Waals surface area contributed by atoms with Crippen LogP contribution in [0, 0.1) is 0 Å². The Hall–Kier alpha value is -2.34. The van der Waals surface area contributed by atoms with Gasteiger partial charge in [-0.15, -0.1) is 11.8 Å². The van der Waals surface area contributed by atoms with Crippen LogP contribution in [0.4, 0.5) is 0 Å². The highest BCUT2D eigenvalue weighted by molar-refractivity contribution is 8.00. The number of aromatic nitrogens is 1. The van der Waals surface area contributed by atoms with Gasteiger partial charge in [0.25, 0.3) is 5.91 Å². The predicted molar refractivity (Wildman–Crippen MR) is 96.1 cm³/mol. The Labute approximate surface area is 146 Å². The summed E-state index contributed by atoms with van der Waals surface area (Å²) in [5.74, 6) is 0.197. The van der Waals surface area contributed by atoms with Gasteiger partial charge in [-0.3, -0.25) is 14.6 Å². The summed E-state index contributed by atoms with van der Waals surface area (Å²) in [4.78, 5) is 30.7. The zero-order valence-corrected chi connectivity index (χ0v) is 14.7. The van der Waals surface area contributed by atoms with Gasteiger partial charge in [0.1, 0.15) is 0 Å². The van der Waals surface area contributed by atoms with Crippen LogP contribution in [0.25, 0.3) is 0 Å². The molecule has 126 valence electrons. The normalized spacial score (nSPS) is 10.2. The number of pyridine rings is 1. The number of thioether (sulfide) groups is 1. The van der Waals surface area contributed by atoms with Crippen LogP contribution < -0.4 is 5.32 Å². The van der Waals surface area contributed by atoms with Crippen molar-refractivity contribution in [2.24, 2.45) is 0 Å². The van der Waals surface area contributed by atoms with Crippen molar-refractivity contribution in [3.8, 4) is 0 Å². The van der Waals surface area contributed by atoms with Crippen molar-refractivity contribution in [1.82, 2.24) is 15.2 Å². The standard InChI is InChI=1S/C18H21N3O2S/c1-21(2)17(22)13-24-16-9-4-3-8-15(16)18(23)20-12-10-14-7-5-6-11-19-14/h3-9,11H,10,12-13H2,1-2H3,(H,20,23). The number of carbonyl (C=O) groups is 2. The van der Waals surface area contributed by atoms with Crippen LogP contribution in [-0.2, 0) is 11.2 Å². The van der Waals surface area contributed by atoms with E-state index in [2.05, 4.69) is 10.3 Å². The number of nitrogens with zero attached hydrogens (tertiary/aromatic N) is 2. The second kappa shape index (κ2) is 9.08. The monoisotopic (exact) mass is 343 g/mol. The van der Waals surface area contributed by atoms with Gasteiger partial charge in [-0.2, -0.15) is 0 Å². The highest BCUT2D eigenvalue weighted by Gasteiger charge is 2.13. The molecule has 6 heteroatoms. The van der Waals surface area contributed by atoms with E-state index in [-0.39, 0.29) is 11.8 Å². The van der Waals surface area contributed by atoms with Gasteiger partial charge in [0, 0.05) is 43.8 Å². The largest absolute Gasteiger partial charge is 0.352 e. The van der Waals surface area contributed by atoms with Crippen molar-refractivity contribution in [3.05, 3.63) is 59.9 Å². The number of carbonyl (C=O) groups excluding carboxylic acids is 2. The molecule has 0 aliphatic heterocycles. The van der Waals surface area contributed by atoms with Gasteiger partial charge >= 0.3 is 0 Å². The van der Waals surface area contributed by atoms with E-state index in [0.29, 0.717) is 24.3 Å². The molecule has 1 N–H and O–H groups in total. The quantitative estimate of drug-likeness (QED) is 0.783. The third kappa shape index (κ3) is 5.38. The lowest BCUT2D eigenvalue weighted by Crippen LogP contribution is -2.27. The first-order valence-corrected chi connectivity index (χ1v) is 8.66. The Bertz CT molecular complexity index is 690. The molecule has 1 aromatic carbocycles. The predicted octanol–water partition coefficient (Wildman–Crippen LogP) is 2.23. The molecule has 0 aliphatic carbocycles. The Kier molecular flexibility index (Phi) is 6.81.